The first kappa shape index (κ1) is 29.8. The number of carbonyl (C=O) groups excluding carboxylic acids is 1. The zero-order valence-corrected chi connectivity index (χ0v) is 26.0. The van der Waals surface area contributed by atoms with Gasteiger partial charge in [-0.05, 0) is 48.7 Å². The molecular weight excluding hydrogens is 588 g/mol. The highest BCUT2D eigenvalue weighted by atomic mass is 32.2. The molecule has 0 aliphatic heterocycles. The summed E-state index contributed by atoms with van der Waals surface area (Å²) in [6, 6.07) is 29.6. The van der Waals surface area contributed by atoms with Gasteiger partial charge >= 0.3 is 5.97 Å². The number of imidazole rings is 1. The van der Waals surface area contributed by atoms with Crippen molar-refractivity contribution < 1.29 is 22.5 Å². The van der Waals surface area contributed by atoms with Crippen LogP contribution in [0.1, 0.15) is 45.6 Å². The van der Waals surface area contributed by atoms with Crippen molar-refractivity contribution in [2.45, 2.75) is 45.2 Å². The number of fused-ring (bicyclic) bond motifs is 1. The van der Waals surface area contributed by atoms with Crippen molar-refractivity contribution in [3.8, 4) is 11.1 Å². The molecule has 0 aliphatic rings. The molecule has 0 spiro atoms. The molecule has 6 rings (SSSR count). The van der Waals surface area contributed by atoms with Crippen molar-refractivity contribution in [3.05, 3.63) is 131 Å². The van der Waals surface area contributed by atoms with Crippen molar-refractivity contribution in [1.82, 2.24) is 14.7 Å². The van der Waals surface area contributed by atoms with Gasteiger partial charge in [-0.1, -0.05) is 90.9 Å². The lowest BCUT2D eigenvalue weighted by Gasteiger charge is -2.14. The minimum atomic E-state index is -3.95. The van der Waals surface area contributed by atoms with Crippen LogP contribution in [0.3, 0.4) is 0 Å². The molecule has 9 nitrogen and oxygen atoms in total. The van der Waals surface area contributed by atoms with E-state index in [0.717, 1.165) is 33.5 Å². The van der Waals surface area contributed by atoms with Crippen LogP contribution in [0.25, 0.3) is 22.2 Å². The quantitative estimate of drug-likeness (QED) is 0.163. The fourth-order valence-corrected chi connectivity index (χ4v) is 6.53. The summed E-state index contributed by atoms with van der Waals surface area (Å²) in [5, 5.41) is 3.85. The Bertz CT molecular complexity index is 2100. The number of hydrogen-bond donors (Lipinski definition) is 1. The number of carbonyl (C=O) groups is 1. The zero-order valence-electron chi connectivity index (χ0n) is 25.2. The lowest BCUT2D eigenvalue weighted by Crippen LogP contribution is -2.15. The zero-order chi connectivity index (χ0) is 31.6. The van der Waals surface area contributed by atoms with E-state index in [2.05, 4.69) is 9.88 Å². The second-order valence-corrected chi connectivity index (χ2v) is 12.4. The lowest BCUT2D eigenvalue weighted by atomic mass is 10.0. The van der Waals surface area contributed by atoms with Gasteiger partial charge in [0.05, 0.1) is 21.5 Å². The number of aryl methyl sites for hydroxylation is 2. The molecule has 0 unspecified atom stereocenters. The van der Waals surface area contributed by atoms with E-state index in [1.807, 2.05) is 78.2 Å². The van der Waals surface area contributed by atoms with Gasteiger partial charge in [-0.25, -0.2) is 18.2 Å². The maximum Gasteiger partial charge on any atom is 0.340 e. The molecule has 2 aromatic heterocycles. The Hall–Kier alpha value is -5.22. The van der Waals surface area contributed by atoms with Crippen molar-refractivity contribution in [3.63, 3.8) is 0 Å². The molecule has 0 radical (unpaired) electrons. The molecule has 1 N–H and O–H groups in total. The molecule has 0 amide bonds. The normalized spacial score (nSPS) is 11.5. The Labute approximate surface area is 261 Å². The predicted octanol–water partition coefficient (Wildman–Crippen LogP) is 7.08. The summed E-state index contributed by atoms with van der Waals surface area (Å²) < 4.78 is 42.2. The third-order valence-electron chi connectivity index (χ3n) is 7.77. The number of ether oxygens (including phenoxy) is 1. The molecule has 10 heteroatoms. The summed E-state index contributed by atoms with van der Waals surface area (Å²) in [5.41, 5.74) is 5.70. The summed E-state index contributed by atoms with van der Waals surface area (Å²) in [6.45, 7) is 6.15. The summed E-state index contributed by atoms with van der Waals surface area (Å²) in [5.74, 6) is 1.15. The minimum Gasteiger partial charge on any atom is -0.457 e. The number of para-hydroxylation sites is 1. The molecular formula is C35H32N4O5S. The van der Waals surface area contributed by atoms with E-state index in [-0.39, 0.29) is 17.3 Å². The highest BCUT2D eigenvalue weighted by Crippen LogP contribution is 2.31. The topological polar surface area (TPSA) is 116 Å². The Morgan fingerprint density at radius 3 is 2.33 bits per heavy atom. The Morgan fingerprint density at radius 2 is 1.62 bits per heavy atom. The molecule has 4 aromatic carbocycles. The van der Waals surface area contributed by atoms with E-state index in [1.54, 1.807) is 44.2 Å². The van der Waals surface area contributed by atoms with Crippen LogP contribution in [0.4, 0.5) is 5.82 Å². The van der Waals surface area contributed by atoms with E-state index < -0.39 is 16.0 Å². The Morgan fingerprint density at radius 1 is 0.889 bits per heavy atom. The average Bonchev–Trinajstić information content (AvgIpc) is 3.58. The SMILES string of the molecule is CCc1nc2cccc(C(=O)OCc3ccccc3)c2n1Cc1ccc(-c2ccccc2S(=O)(=O)Nc2noc(C)c2C)cc1. The number of esters is 1. The van der Waals surface area contributed by atoms with Gasteiger partial charge in [-0.3, -0.25) is 4.72 Å². The average molecular weight is 621 g/mol. The van der Waals surface area contributed by atoms with E-state index in [9.17, 15) is 13.2 Å². The van der Waals surface area contributed by atoms with E-state index in [4.69, 9.17) is 14.2 Å². The number of anilines is 1. The molecule has 2 heterocycles. The third-order valence-corrected chi connectivity index (χ3v) is 9.16. The van der Waals surface area contributed by atoms with Crippen LogP contribution in [-0.2, 0) is 34.3 Å². The number of hydrogen-bond acceptors (Lipinski definition) is 7. The Balaban J connectivity index is 1.28. The second kappa shape index (κ2) is 12.4. The first-order valence-corrected chi connectivity index (χ1v) is 16.1. The van der Waals surface area contributed by atoms with Gasteiger partial charge in [-0.2, -0.15) is 0 Å². The largest absolute Gasteiger partial charge is 0.457 e. The first-order valence-electron chi connectivity index (χ1n) is 14.6. The molecule has 0 atom stereocenters. The fraction of sp³-hybridized carbons (Fsp3) is 0.171. The molecule has 0 fully saturated rings. The number of rotatable bonds is 10. The first-order chi connectivity index (χ1) is 21.7. The molecule has 0 saturated heterocycles. The number of benzene rings is 4. The van der Waals surface area contributed by atoms with Crippen LogP contribution < -0.4 is 4.72 Å². The number of aromatic nitrogens is 3. The van der Waals surface area contributed by atoms with Gasteiger partial charge in [-0.15, -0.1) is 0 Å². The fourth-order valence-electron chi connectivity index (χ4n) is 5.25. The van der Waals surface area contributed by atoms with E-state index in [1.165, 1.54) is 0 Å². The van der Waals surface area contributed by atoms with E-state index in [0.29, 0.717) is 35.4 Å². The smallest absolute Gasteiger partial charge is 0.340 e. The van der Waals surface area contributed by atoms with Crippen molar-refractivity contribution >= 4 is 32.8 Å². The third kappa shape index (κ3) is 6.09. The van der Waals surface area contributed by atoms with E-state index >= 15 is 0 Å². The highest BCUT2D eigenvalue weighted by Gasteiger charge is 2.23. The van der Waals surface area contributed by atoms with Crippen molar-refractivity contribution in [2.24, 2.45) is 0 Å². The standard InChI is InChI=1S/C35H32N4O5S/c1-4-32-36-30-15-10-14-29(35(40)43-22-26-11-6-5-7-12-26)33(30)39(32)21-25-17-19-27(20-18-25)28-13-8-9-16-31(28)45(41,42)38-34-23(2)24(3)44-37-34/h5-20H,4,21-22H2,1-3H3,(H,37,38). The Kier molecular flexibility index (Phi) is 8.23. The van der Waals surface area contributed by atoms with Crippen LogP contribution in [0.15, 0.2) is 106 Å². The molecule has 0 aliphatic carbocycles. The van der Waals surface area contributed by atoms with Gasteiger partial charge in [0.15, 0.2) is 5.82 Å². The number of nitrogens with one attached hydrogen (secondary N) is 1. The molecule has 0 bridgehead atoms. The lowest BCUT2D eigenvalue weighted by molar-refractivity contribution is 0.0474. The maximum atomic E-state index is 13.4. The molecule has 228 valence electrons. The van der Waals surface area contributed by atoms with Crippen LogP contribution in [0, 0.1) is 13.8 Å². The summed E-state index contributed by atoms with van der Waals surface area (Å²) in [4.78, 5) is 18.2. The summed E-state index contributed by atoms with van der Waals surface area (Å²) >= 11 is 0. The van der Waals surface area contributed by atoms with Gasteiger partial charge in [0, 0.05) is 24.1 Å². The molecule has 0 saturated carbocycles. The minimum absolute atomic E-state index is 0.130. The van der Waals surface area contributed by atoms with Crippen molar-refractivity contribution in [2.75, 3.05) is 4.72 Å². The van der Waals surface area contributed by atoms with Crippen LogP contribution >= 0.6 is 0 Å². The van der Waals surface area contributed by atoms with Crippen LogP contribution in [0.2, 0.25) is 0 Å². The van der Waals surface area contributed by atoms with Gasteiger partial charge in [0.25, 0.3) is 10.0 Å². The van der Waals surface area contributed by atoms with Gasteiger partial charge in [0.1, 0.15) is 18.2 Å². The maximum absolute atomic E-state index is 13.4. The van der Waals surface area contributed by atoms with Crippen LogP contribution in [0.5, 0.6) is 0 Å². The van der Waals surface area contributed by atoms with Gasteiger partial charge < -0.3 is 13.8 Å². The summed E-state index contributed by atoms with van der Waals surface area (Å²) in [7, 11) is -3.95. The summed E-state index contributed by atoms with van der Waals surface area (Å²) in [6.07, 6.45) is 0.675. The highest BCUT2D eigenvalue weighted by molar-refractivity contribution is 7.92. The molecule has 45 heavy (non-hydrogen) atoms. The number of nitrogens with zero attached hydrogens (tertiary/aromatic N) is 3. The monoisotopic (exact) mass is 620 g/mol. The predicted molar refractivity (Wildman–Crippen MR) is 172 cm³/mol. The number of sulfonamides is 1. The van der Waals surface area contributed by atoms with Gasteiger partial charge in [0.2, 0.25) is 0 Å². The molecule has 6 aromatic rings. The van der Waals surface area contributed by atoms with Crippen LogP contribution in [-0.4, -0.2) is 29.1 Å². The van der Waals surface area contributed by atoms with Crippen molar-refractivity contribution in [1.29, 1.82) is 0 Å². The second-order valence-electron chi connectivity index (χ2n) is 10.7.